The lowest BCUT2D eigenvalue weighted by Gasteiger charge is -2.16. The molecule has 130 valence electrons. The number of carbonyl (C=O) groups excluding carboxylic acids is 1. The van der Waals surface area contributed by atoms with E-state index in [0.29, 0.717) is 30.0 Å². The lowest BCUT2D eigenvalue weighted by Crippen LogP contribution is -2.30. The molecule has 0 unspecified atom stereocenters. The molecule has 0 aliphatic carbocycles. The van der Waals surface area contributed by atoms with Crippen LogP contribution < -0.4 is 10.1 Å². The summed E-state index contributed by atoms with van der Waals surface area (Å²) in [6.45, 7) is 1.91. The van der Waals surface area contributed by atoms with Crippen molar-refractivity contribution >= 4 is 17.6 Å². The van der Waals surface area contributed by atoms with Crippen LogP contribution in [0.15, 0.2) is 48.5 Å². The molecule has 1 saturated heterocycles. The highest BCUT2D eigenvalue weighted by atomic mass is 16.5. The number of aliphatic carboxylic acids is 1. The summed E-state index contributed by atoms with van der Waals surface area (Å²) in [7, 11) is 0. The normalized spacial score (nSPS) is 19.4. The SMILES string of the molecule is Cc1ccc(Oc2ccccc2)c(NC(=O)[C@@H]2CC[C@H](C(=O)O)O2)c1. The molecule has 1 fully saturated rings. The van der Waals surface area contributed by atoms with Gasteiger partial charge in [0.2, 0.25) is 0 Å². The zero-order valence-corrected chi connectivity index (χ0v) is 13.8. The van der Waals surface area contributed by atoms with Gasteiger partial charge in [0.25, 0.3) is 5.91 Å². The largest absolute Gasteiger partial charge is 0.479 e. The molecule has 1 amide bonds. The van der Waals surface area contributed by atoms with Crippen molar-refractivity contribution in [1.82, 2.24) is 0 Å². The average molecular weight is 341 g/mol. The fourth-order valence-corrected chi connectivity index (χ4v) is 2.67. The van der Waals surface area contributed by atoms with Crippen molar-refractivity contribution in [2.75, 3.05) is 5.32 Å². The maximum Gasteiger partial charge on any atom is 0.332 e. The highest BCUT2D eigenvalue weighted by molar-refractivity contribution is 5.96. The Morgan fingerprint density at radius 1 is 1.12 bits per heavy atom. The molecule has 0 saturated carbocycles. The number of para-hydroxylation sites is 1. The number of hydrogen-bond acceptors (Lipinski definition) is 4. The van der Waals surface area contributed by atoms with Gasteiger partial charge in [-0.15, -0.1) is 0 Å². The van der Waals surface area contributed by atoms with E-state index in [9.17, 15) is 9.59 Å². The average Bonchev–Trinajstić information content (AvgIpc) is 3.09. The molecule has 0 aromatic heterocycles. The van der Waals surface area contributed by atoms with Crippen LogP contribution in [0.2, 0.25) is 0 Å². The molecule has 2 N–H and O–H groups in total. The van der Waals surface area contributed by atoms with Crippen LogP contribution in [0.3, 0.4) is 0 Å². The summed E-state index contributed by atoms with van der Waals surface area (Å²) < 4.78 is 11.1. The number of amides is 1. The molecule has 0 radical (unpaired) electrons. The van der Waals surface area contributed by atoms with Crippen LogP contribution >= 0.6 is 0 Å². The first-order chi connectivity index (χ1) is 12.0. The predicted molar refractivity (Wildman–Crippen MR) is 91.9 cm³/mol. The van der Waals surface area contributed by atoms with Gasteiger partial charge in [-0.25, -0.2) is 4.79 Å². The summed E-state index contributed by atoms with van der Waals surface area (Å²) in [6, 6.07) is 14.7. The lowest BCUT2D eigenvalue weighted by molar-refractivity contribution is -0.150. The van der Waals surface area contributed by atoms with Gasteiger partial charge in [0.05, 0.1) is 5.69 Å². The van der Waals surface area contributed by atoms with Crippen LogP contribution in [-0.4, -0.2) is 29.2 Å². The third kappa shape index (κ3) is 4.16. The second-order valence-corrected chi connectivity index (χ2v) is 5.93. The molecule has 6 heteroatoms. The number of rotatable bonds is 5. The van der Waals surface area contributed by atoms with Gasteiger partial charge >= 0.3 is 5.97 Å². The van der Waals surface area contributed by atoms with E-state index in [2.05, 4.69) is 5.32 Å². The van der Waals surface area contributed by atoms with E-state index in [-0.39, 0.29) is 5.91 Å². The van der Waals surface area contributed by atoms with E-state index in [4.69, 9.17) is 14.6 Å². The fourth-order valence-electron chi connectivity index (χ4n) is 2.67. The van der Waals surface area contributed by atoms with Crippen LogP contribution in [0.5, 0.6) is 11.5 Å². The number of nitrogens with one attached hydrogen (secondary N) is 1. The van der Waals surface area contributed by atoms with Crippen molar-refractivity contribution in [3.63, 3.8) is 0 Å². The van der Waals surface area contributed by atoms with E-state index >= 15 is 0 Å². The number of carbonyl (C=O) groups is 2. The van der Waals surface area contributed by atoms with Crippen LogP contribution in [0, 0.1) is 6.92 Å². The van der Waals surface area contributed by atoms with E-state index in [0.717, 1.165) is 5.56 Å². The summed E-state index contributed by atoms with van der Waals surface area (Å²) in [5.41, 5.74) is 1.49. The lowest BCUT2D eigenvalue weighted by atomic mass is 10.1. The monoisotopic (exact) mass is 341 g/mol. The molecule has 0 spiro atoms. The molecule has 25 heavy (non-hydrogen) atoms. The Balaban J connectivity index is 1.74. The third-order valence-electron chi connectivity index (χ3n) is 3.95. The minimum Gasteiger partial charge on any atom is -0.479 e. The molecule has 1 aliphatic rings. The van der Waals surface area contributed by atoms with Crippen LogP contribution in [0.4, 0.5) is 5.69 Å². The van der Waals surface area contributed by atoms with Crippen molar-refractivity contribution in [2.45, 2.75) is 32.0 Å². The van der Waals surface area contributed by atoms with Crippen molar-refractivity contribution in [2.24, 2.45) is 0 Å². The van der Waals surface area contributed by atoms with Crippen molar-refractivity contribution < 1.29 is 24.2 Å². The van der Waals surface area contributed by atoms with E-state index in [1.165, 1.54) is 0 Å². The highest BCUT2D eigenvalue weighted by Crippen LogP contribution is 2.31. The zero-order valence-electron chi connectivity index (χ0n) is 13.8. The fraction of sp³-hybridized carbons (Fsp3) is 0.263. The first-order valence-corrected chi connectivity index (χ1v) is 8.05. The molecule has 2 aromatic rings. The van der Waals surface area contributed by atoms with Gasteiger partial charge in [-0.3, -0.25) is 4.79 Å². The summed E-state index contributed by atoms with van der Waals surface area (Å²) in [5, 5.41) is 11.8. The smallest absolute Gasteiger partial charge is 0.332 e. The van der Waals surface area contributed by atoms with Crippen molar-refractivity contribution in [1.29, 1.82) is 0 Å². The Kier molecular flexibility index (Phi) is 5.00. The van der Waals surface area contributed by atoms with Crippen LogP contribution in [-0.2, 0) is 14.3 Å². The highest BCUT2D eigenvalue weighted by Gasteiger charge is 2.35. The number of ether oxygens (including phenoxy) is 2. The van der Waals surface area contributed by atoms with Crippen LogP contribution in [0.25, 0.3) is 0 Å². The Labute approximate surface area is 145 Å². The Morgan fingerprint density at radius 2 is 1.84 bits per heavy atom. The van der Waals surface area contributed by atoms with Gasteiger partial charge in [0, 0.05) is 0 Å². The van der Waals surface area contributed by atoms with Crippen molar-refractivity contribution in [3.05, 3.63) is 54.1 Å². The number of carboxylic acids is 1. The molecule has 1 heterocycles. The van der Waals surface area contributed by atoms with Gasteiger partial charge in [-0.1, -0.05) is 24.3 Å². The number of aryl methyl sites for hydroxylation is 1. The minimum absolute atomic E-state index is 0.328. The zero-order chi connectivity index (χ0) is 17.8. The number of anilines is 1. The van der Waals surface area contributed by atoms with Crippen molar-refractivity contribution in [3.8, 4) is 11.5 Å². The summed E-state index contributed by atoms with van der Waals surface area (Å²) in [4.78, 5) is 23.4. The van der Waals surface area contributed by atoms with E-state index in [1.54, 1.807) is 12.1 Å². The first-order valence-electron chi connectivity index (χ1n) is 8.05. The topological polar surface area (TPSA) is 84.9 Å². The second kappa shape index (κ2) is 7.36. The second-order valence-electron chi connectivity index (χ2n) is 5.93. The van der Waals surface area contributed by atoms with E-state index < -0.39 is 18.2 Å². The molecule has 3 rings (SSSR count). The van der Waals surface area contributed by atoms with Gasteiger partial charge in [0.15, 0.2) is 11.9 Å². The molecule has 1 aliphatic heterocycles. The molecular weight excluding hydrogens is 322 g/mol. The molecule has 6 nitrogen and oxygen atoms in total. The van der Waals surface area contributed by atoms with Gasteiger partial charge in [-0.2, -0.15) is 0 Å². The third-order valence-corrected chi connectivity index (χ3v) is 3.95. The first kappa shape index (κ1) is 17.0. The molecule has 2 aromatic carbocycles. The Bertz CT molecular complexity index is 775. The Morgan fingerprint density at radius 3 is 2.52 bits per heavy atom. The molecule has 2 atom stereocenters. The quantitative estimate of drug-likeness (QED) is 0.871. The molecular formula is C19H19NO5. The Hall–Kier alpha value is -2.86. The van der Waals surface area contributed by atoms with Gasteiger partial charge < -0.3 is 19.9 Å². The number of benzene rings is 2. The summed E-state index contributed by atoms with van der Waals surface area (Å²) in [5.74, 6) is -0.242. The van der Waals surface area contributed by atoms with E-state index in [1.807, 2.05) is 43.3 Å². The maximum atomic E-state index is 12.4. The minimum atomic E-state index is -1.04. The standard InChI is InChI=1S/C19H19NO5/c1-12-7-8-15(24-13-5-3-2-4-6-13)14(11-12)20-18(21)16-9-10-17(25-16)19(22)23/h2-8,11,16-17H,9-10H2,1H3,(H,20,21)(H,22,23)/t16-,17+/m0/s1. The van der Waals surface area contributed by atoms with Crippen LogP contribution in [0.1, 0.15) is 18.4 Å². The number of carboxylic acid groups (broad SMARTS) is 1. The summed E-state index contributed by atoms with van der Waals surface area (Å²) in [6.07, 6.45) is -0.988. The maximum absolute atomic E-state index is 12.4. The predicted octanol–water partition coefficient (Wildman–Crippen LogP) is 3.36. The summed E-state index contributed by atoms with van der Waals surface area (Å²) >= 11 is 0. The van der Waals surface area contributed by atoms with Gasteiger partial charge in [0.1, 0.15) is 11.9 Å². The van der Waals surface area contributed by atoms with Gasteiger partial charge in [-0.05, 0) is 49.6 Å². The number of hydrogen-bond donors (Lipinski definition) is 2. The molecule has 0 bridgehead atoms.